The second-order valence-corrected chi connectivity index (χ2v) is 6.58. The lowest BCUT2D eigenvalue weighted by Crippen LogP contribution is -2.19. The van der Waals surface area contributed by atoms with Gasteiger partial charge in [-0.15, -0.1) is 0 Å². The first kappa shape index (κ1) is 16.8. The molecule has 26 heavy (non-hydrogen) atoms. The number of hydrogen-bond acceptors (Lipinski definition) is 6. The van der Waals surface area contributed by atoms with Gasteiger partial charge >= 0.3 is 0 Å². The van der Waals surface area contributed by atoms with Crippen LogP contribution in [0.4, 0.5) is 5.82 Å². The van der Waals surface area contributed by atoms with Crippen LogP contribution in [0.15, 0.2) is 24.4 Å². The Kier molecular flexibility index (Phi) is 4.46. The molecule has 4 rings (SSSR count). The number of aryl methyl sites for hydroxylation is 2. The molecule has 1 atom stereocenters. The maximum absolute atomic E-state index is 5.37. The van der Waals surface area contributed by atoms with Crippen molar-refractivity contribution in [3.8, 4) is 5.75 Å². The quantitative estimate of drug-likeness (QED) is 0.760. The van der Waals surface area contributed by atoms with E-state index in [2.05, 4.69) is 32.5 Å². The first-order valence-electron chi connectivity index (χ1n) is 8.80. The second kappa shape index (κ2) is 6.92. The van der Waals surface area contributed by atoms with Crippen molar-refractivity contribution in [1.82, 2.24) is 19.7 Å². The molecule has 0 aliphatic heterocycles. The van der Waals surface area contributed by atoms with E-state index in [1.165, 1.54) is 11.1 Å². The normalized spacial score (nSPS) is 16.5. The summed E-state index contributed by atoms with van der Waals surface area (Å²) in [5.41, 5.74) is 3.45. The predicted octanol–water partition coefficient (Wildman–Crippen LogP) is 3.01. The number of anilines is 1. The zero-order valence-electron chi connectivity index (χ0n) is 15.3. The molecule has 0 unspecified atom stereocenters. The number of aromatic nitrogens is 4. The molecule has 7 nitrogen and oxygen atoms in total. The lowest BCUT2D eigenvalue weighted by molar-refractivity contribution is 0.178. The summed E-state index contributed by atoms with van der Waals surface area (Å²) in [7, 11) is 5.24. The summed E-state index contributed by atoms with van der Waals surface area (Å²) in [6, 6.07) is 6.52. The molecule has 0 amide bonds. The molecule has 1 aromatic carbocycles. The third-order valence-electron chi connectivity index (χ3n) is 4.89. The highest BCUT2D eigenvalue weighted by atomic mass is 16.5. The van der Waals surface area contributed by atoms with Crippen molar-refractivity contribution in [2.24, 2.45) is 7.05 Å². The molecule has 2 aromatic heterocycles. The van der Waals surface area contributed by atoms with E-state index >= 15 is 0 Å². The molecule has 0 fully saturated rings. The van der Waals surface area contributed by atoms with E-state index < -0.39 is 0 Å². The fraction of sp³-hybridized carbons (Fsp3) is 0.421. The Morgan fingerprint density at radius 3 is 2.96 bits per heavy atom. The van der Waals surface area contributed by atoms with Gasteiger partial charge in [0.15, 0.2) is 11.5 Å². The smallest absolute Gasteiger partial charge is 0.163 e. The Labute approximate surface area is 152 Å². The molecule has 1 aliphatic carbocycles. The molecule has 0 saturated heterocycles. The zero-order valence-corrected chi connectivity index (χ0v) is 15.3. The molecule has 7 heteroatoms. The lowest BCUT2D eigenvalue weighted by Gasteiger charge is -2.27. The highest BCUT2D eigenvalue weighted by Gasteiger charge is 2.22. The zero-order chi connectivity index (χ0) is 18.1. The van der Waals surface area contributed by atoms with E-state index in [1.54, 1.807) is 18.9 Å². The van der Waals surface area contributed by atoms with Gasteiger partial charge in [-0.2, -0.15) is 5.10 Å². The van der Waals surface area contributed by atoms with Gasteiger partial charge < -0.3 is 14.8 Å². The second-order valence-electron chi connectivity index (χ2n) is 6.58. The molecular formula is C19H23N5O2. The van der Waals surface area contributed by atoms with Crippen LogP contribution >= 0.6 is 0 Å². The van der Waals surface area contributed by atoms with E-state index in [4.69, 9.17) is 9.47 Å². The number of rotatable bonds is 5. The molecule has 1 aliphatic rings. The molecule has 0 bridgehead atoms. The Morgan fingerprint density at radius 2 is 2.15 bits per heavy atom. The Bertz CT molecular complexity index is 937. The number of methoxy groups -OCH3 is 2. The Hall–Kier alpha value is -2.67. The minimum Gasteiger partial charge on any atom is -0.497 e. The molecule has 0 saturated carbocycles. The molecular weight excluding hydrogens is 330 g/mol. The monoisotopic (exact) mass is 353 g/mol. The third kappa shape index (κ3) is 2.99. The number of fused-ring (bicyclic) bond motifs is 2. The highest BCUT2D eigenvalue weighted by molar-refractivity contribution is 5.86. The van der Waals surface area contributed by atoms with Gasteiger partial charge in [-0.25, -0.2) is 9.97 Å². The van der Waals surface area contributed by atoms with Crippen LogP contribution in [0.2, 0.25) is 0 Å². The van der Waals surface area contributed by atoms with Crippen LogP contribution in [-0.4, -0.2) is 34.0 Å². The van der Waals surface area contributed by atoms with Gasteiger partial charge in [0.25, 0.3) is 0 Å². The van der Waals surface area contributed by atoms with Gasteiger partial charge in [0, 0.05) is 14.2 Å². The van der Waals surface area contributed by atoms with Crippen LogP contribution in [0.1, 0.15) is 35.8 Å². The van der Waals surface area contributed by atoms with E-state index in [0.717, 1.165) is 41.9 Å². The van der Waals surface area contributed by atoms with Crippen molar-refractivity contribution in [3.63, 3.8) is 0 Å². The molecule has 0 spiro atoms. The Balaban J connectivity index is 1.72. The first-order valence-corrected chi connectivity index (χ1v) is 8.80. The topological polar surface area (TPSA) is 74.1 Å². The van der Waals surface area contributed by atoms with Crippen LogP contribution in [0.3, 0.4) is 0 Å². The van der Waals surface area contributed by atoms with Crippen LogP contribution in [0, 0.1) is 0 Å². The minimum atomic E-state index is 0.207. The van der Waals surface area contributed by atoms with Gasteiger partial charge in [0.05, 0.1) is 24.7 Å². The molecule has 3 aromatic rings. The maximum Gasteiger partial charge on any atom is 0.163 e. The fourth-order valence-electron chi connectivity index (χ4n) is 3.60. The van der Waals surface area contributed by atoms with Gasteiger partial charge in [0.1, 0.15) is 18.2 Å². The molecule has 2 heterocycles. The van der Waals surface area contributed by atoms with Crippen molar-refractivity contribution >= 4 is 16.9 Å². The summed E-state index contributed by atoms with van der Waals surface area (Å²) in [6.07, 6.45) is 5.08. The lowest BCUT2D eigenvalue weighted by atomic mass is 9.87. The van der Waals surface area contributed by atoms with Crippen LogP contribution < -0.4 is 10.1 Å². The highest BCUT2D eigenvalue weighted by Crippen LogP contribution is 2.35. The molecule has 0 radical (unpaired) electrons. The Morgan fingerprint density at radius 1 is 1.27 bits per heavy atom. The summed E-state index contributed by atoms with van der Waals surface area (Å²) in [5, 5.41) is 8.89. The average molecular weight is 353 g/mol. The van der Waals surface area contributed by atoms with Crippen LogP contribution in [0.5, 0.6) is 5.75 Å². The van der Waals surface area contributed by atoms with Crippen molar-refractivity contribution in [3.05, 3.63) is 41.3 Å². The standard InChI is InChI=1S/C19H23N5O2/c1-24-19-15(10-20-24)18(22-17(23-19)11-25-2)21-16-6-4-5-12-9-13(26-3)7-8-14(12)16/h7-10,16H,4-6,11H2,1-3H3,(H,21,22,23)/t16-/m1/s1. The molecule has 136 valence electrons. The van der Waals surface area contributed by atoms with Crippen molar-refractivity contribution in [2.75, 3.05) is 19.5 Å². The first-order chi connectivity index (χ1) is 12.7. The minimum absolute atomic E-state index is 0.207. The van der Waals surface area contributed by atoms with E-state index in [0.29, 0.717) is 12.4 Å². The largest absolute Gasteiger partial charge is 0.497 e. The number of nitrogens with one attached hydrogen (secondary N) is 1. The van der Waals surface area contributed by atoms with Gasteiger partial charge in [-0.05, 0) is 42.5 Å². The number of hydrogen-bond donors (Lipinski definition) is 1. The number of ether oxygens (including phenoxy) is 2. The van der Waals surface area contributed by atoms with Gasteiger partial charge in [-0.3, -0.25) is 4.68 Å². The van der Waals surface area contributed by atoms with Crippen LogP contribution in [-0.2, 0) is 24.8 Å². The SMILES string of the molecule is COCc1nc(N[C@@H]2CCCc3cc(OC)ccc32)c2cnn(C)c2n1. The third-order valence-corrected chi connectivity index (χ3v) is 4.89. The number of benzene rings is 1. The van der Waals surface area contributed by atoms with E-state index in [9.17, 15) is 0 Å². The maximum atomic E-state index is 5.37. The summed E-state index contributed by atoms with van der Waals surface area (Å²) < 4.78 is 12.4. The van der Waals surface area contributed by atoms with Crippen molar-refractivity contribution in [2.45, 2.75) is 31.9 Å². The summed E-state index contributed by atoms with van der Waals surface area (Å²) in [4.78, 5) is 9.23. The summed E-state index contributed by atoms with van der Waals surface area (Å²) in [6.45, 7) is 0.369. The van der Waals surface area contributed by atoms with Crippen molar-refractivity contribution < 1.29 is 9.47 Å². The average Bonchev–Trinajstić information content (AvgIpc) is 3.03. The van der Waals surface area contributed by atoms with E-state index in [1.807, 2.05) is 19.3 Å². The fourth-order valence-corrected chi connectivity index (χ4v) is 3.60. The van der Waals surface area contributed by atoms with Crippen molar-refractivity contribution in [1.29, 1.82) is 0 Å². The number of nitrogens with zero attached hydrogens (tertiary/aromatic N) is 4. The molecule has 1 N–H and O–H groups in total. The predicted molar refractivity (Wildman–Crippen MR) is 99.3 cm³/mol. The summed E-state index contributed by atoms with van der Waals surface area (Å²) >= 11 is 0. The summed E-state index contributed by atoms with van der Waals surface area (Å²) in [5.74, 6) is 2.36. The van der Waals surface area contributed by atoms with E-state index in [-0.39, 0.29) is 6.04 Å². The van der Waals surface area contributed by atoms with Crippen LogP contribution in [0.25, 0.3) is 11.0 Å². The van der Waals surface area contributed by atoms with Gasteiger partial charge in [0.2, 0.25) is 0 Å². The van der Waals surface area contributed by atoms with Gasteiger partial charge in [-0.1, -0.05) is 6.07 Å².